The number of fused-ring (bicyclic) bond motifs is 2. The minimum Gasteiger partial charge on any atom is -0.352 e. The summed E-state index contributed by atoms with van der Waals surface area (Å²) in [6.45, 7) is 3.57. The summed E-state index contributed by atoms with van der Waals surface area (Å²) in [4.78, 5) is 24.5. The molecule has 2 aromatic heterocycles. The van der Waals surface area contributed by atoms with Gasteiger partial charge in [-0.1, -0.05) is 41.7 Å². The van der Waals surface area contributed by atoms with Gasteiger partial charge >= 0.3 is 0 Å². The highest BCUT2D eigenvalue weighted by atomic mass is 32.1. The standard InChI is InChI=1S/C23H20N4OS/c1-15-6-4-11-21(24-15)27-13-12-16-7-5-8-17(18(16)14-27)22(28)26-23-25-19-9-2-3-10-20(19)29-23/h2-11H,12-14H2,1H3,(H,25,26,28). The maximum absolute atomic E-state index is 13.1. The molecular weight excluding hydrogens is 380 g/mol. The molecule has 3 heterocycles. The van der Waals surface area contributed by atoms with Crippen LogP contribution >= 0.6 is 11.3 Å². The Bertz CT molecular complexity index is 1180. The number of carbonyl (C=O) groups excluding carboxylic acids is 1. The number of hydrogen-bond acceptors (Lipinski definition) is 5. The molecule has 0 saturated carbocycles. The highest BCUT2D eigenvalue weighted by Gasteiger charge is 2.23. The van der Waals surface area contributed by atoms with Gasteiger partial charge in [-0.3, -0.25) is 10.1 Å². The van der Waals surface area contributed by atoms with Gasteiger partial charge in [-0.25, -0.2) is 9.97 Å². The number of aryl methyl sites for hydroxylation is 1. The van der Waals surface area contributed by atoms with Crippen LogP contribution in [0.15, 0.2) is 60.7 Å². The number of nitrogens with zero attached hydrogens (tertiary/aromatic N) is 3. The van der Waals surface area contributed by atoms with Crippen LogP contribution in [-0.2, 0) is 13.0 Å². The molecule has 1 aliphatic heterocycles. The first-order valence-electron chi connectivity index (χ1n) is 9.64. The second kappa shape index (κ2) is 7.29. The largest absolute Gasteiger partial charge is 0.352 e. The lowest BCUT2D eigenvalue weighted by atomic mass is 9.94. The van der Waals surface area contributed by atoms with Crippen molar-refractivity contribution in [2.24, 2.45) is 0 Å². The van der Waals surface area contributed by atoms with Crippen molar-refractivity contribution in [3.05, 3.63) is 83.0 Å². The van der Waals surface area contributed by atoms with Crippen molar-refractivity contribution in [1.29, 1.82) is 0 Å². The number of rotatable bonds is 3. The number of aromatic nitrogens is 2. The van der Waals surface area contributed by atoms with Crippen LogP contribution in [0.3, 0.4) is 0 Å². The van der Waals surface area contributed by atoms with E-state index >= 15 is 0 Å². The Kier molecular flexibility index (Phi) is 4.48. The molecule has 144 valence electrons. The fourth-order valence-corrected chi connectivity index (χ4v) is 4.64. The van der Waals surface area contributed by atoms with Crippen LogP contribution in [0.1, 0.15) is 27.2 Å². The van der Waals surface area contributed by atoms with Crippen LogP contribution in [0.4, 0.5) is 10.9 Å². The van der Waals surface area contributed by atoms with E-state index in [9.17, 15) is 4.79 Å². The Labute approximate surface area is 173 Å². The molecule has 0 aliphatic carbocycles. The van der Waals surface area contributed by atoms with Crippen molar-refractivity contribution in [2.45, 2.75) is 19.9 Å². The monoisotopic (exact) mass is 400 g/mol. The van der Waals surface area contributed by atoms with Gasteiger partial charge in [0.05, 0.1) is 10.2 Å². The SMILES string of the molecule is Cc1cccc(N2CCc3cccc(C(=O)Nc4nc5ccccc5s4)c3C2)n1. The molecule has 1 N–H and O–H groups in total. The summed E-state index contributed by atoms with van der Waals surface area (Å²) in [5.74, 6) is 0.844. The second-order valence-corrected chi connectivity index (χ2v) is 8.22. The predicted octanol–water partition coefficient (Wildman–Crippen LogP) is 4.81. The van der Waals surface area contributed by atoms with Crippen LogP contribution in [0, 0.1) is 6.92 Å². The lowest BCUT2D eigenvalue weighted by molar-refractivity contribution is 0.102. The first kappa shape index (κ1) is 17.8. The zero-order valence-electron chi connectivity index (χ0n) is 16.1. The van der Waals surface area contributed by atoms with E-state index in [-0.39, 0.29) is 5.91 Å². The predicted molar refractivity (Wildman–Crippen MR) is 118 cm³/mol. The van der Waals surface area contributed by atoms with Gasteiger partial charge in [0.25, 0.3) is 5.91 Å². The molecule has 0 bridgehead atoms. The third kappa shape index (κ3) is 3.47. The molecule has 1 amide bonds. The van der Waals surface area contributed by atoms with Gasteiger partial charge in [-0.2, -0.15) is 0 Å². The molecule has 4 aromatic rings. The van der Waals surface area contributed by atoms with E-state index in [0.717, 1.165) is 40.3 Å². The molecule has 0 spiro atoms. The quantitative estimate of drug-likeness (QED) is 0.536. The molecule has 0 fully saturated rings. The number of hydrogen-bond donors (Lipinski definition) is 1. The van der Waals surface area contributed by atoms with Gasteiger partial charge in [-0.15, -0.1) is 0 Å². The summed E-state index contributed by atoms with van der Waals surface area (Å²) in [7, 11) is 0. The highest BCUT2D eigenvalue weighted by Crippen LogP contribution is 2.29. The zero-order chi connectivity index (χ0) is 19.8. The van der Waals surface area contributed by atoms with Crippen molar-refractivity contribution in [3.63, 3.8) is 0 Å². The number of amides is 1. The third-order valence-electron chi connectivity index (χ3n) is 5.23. The topological polar surface area (TPSA) is 58.1 Å². The minimum absolute atomic E-state index is 0.111. The van der Waals surface area contributed by atoms with Crippen molar-refractivity contribution >= 4 is 38.4 Å². The second-order valence-electron chi connectivity index (χ2n) is 7.19. The molecule has 29 heavy (non-hydrogen) atoms. The number of nitrogens with one attached hydrogen (secondary N) is 1. The lowest BCUT2D eigenvalue weighted by Crippen LogP contribution is -2.33. The fraction of sp³-hybridized carbons (Fsp3) is 0.174. The number of anilines is 2. The van der Waals surface area contributed by atoms with Gasteiger partial charge in [0.15, 0.2) is 5.13 Å². The number of pyridine rings is 1. The number of para-hydroxylation sites is 1. The third-order valence-corrected chi connectivity index (χ3v) is 6.18. The van der Waals surface area contributed by atoms with Crippen LogP contribution in [-0.4, -0.2) is 22.4 Å². The van der Waals surface area contributed by atoms with Crippen molar-refractivity contribution < 1.29 is 4.79 Å². The van der Waals surface area contributed by atoms with Crippen LogP contribution < -0.4 is 10.2 Å². The van der Waals surface area contributed by atoms with Gasteiger partial charge in [0.1, 0.15) is 5.82 Å². The summed E-state index contributed by atoms with van der Waals surface area (Å²) in [5, 5.41) is 3.62. The van der Waals surface area contributed by atoms with Gasteiger partial charge in [0, 0.05) is 24.3 Å². The molecule has 6 heteroatoms. The smallest absolute Gasteiger partial charge is 0.257 e. The molecule has 5 rings (SSSR count). The van der Waals surface area contributed by atoms with Gasteiger partial charge < -0.3 is 4.90 Å². The first-order valence-corrected chi connectivity index (χ1v) is 10.5. The molecule has 5 nitrogen and oxygen atoms in total. The summed E-state index contributed by atoms with van der Waals surface area (Å²) < 4.78 is 1.06. The van der Waals surface area contributed by atoms with Gasteiger partial charge in [-0.05, 0) is 54.8 Å². The van der Waals surface area contributed by atoms with Crippen molar-refractivity contribution in [1.82, 2.24) is 9.97 Å². The summed E-state index contributed by atoms with van der Waals surface area (Å²) in [6.07, 6.45) is 0.896. The van der Waals surface area contributed by atoms with Crippen molar-refractivity contribution in [3.8, 4) is 0 Å². The molecule has 0 saturated heterocycles. The number of thiazole rings is 1. The van der Waals surface area contributed by atoms with E-state index < -0.39 is 0 Å². The fourth-order valence-electron chi connectivity index (χ4n) is 3.78. The van der Waals surface area contributed by atoms with E-state index in [0.29, 0.717) is 17.2 Å². The van der Waals surface area contributed by atoms with Gasteiger partial charge in [0.2, 0.25) is 0 Å². The number of benzene rings is 2. The van der Waals surface area contributed by atoms with Crippen LogP contribution in [0.25, 0.3) is 10.2 Å². The molecular formula is C23H20N4OS. The van der Waals surface area contributed by atoms with E-state index in [2.05, 4.69) is 26.3 Å². The summed E-state index contributed by atoms with van der Waals surface area (Å²) in [5.41, 5.74) is 4.90. The molecule has 0 atom stereocenters. The molecule has 1 aliphatic rings. The van der Waals surface area contributed by atoms with Crippen molar-refractivity contribution in [2.75, 3.05) is 16.8 Å². The average molecular weight is 401 g/mol. The van der Waals surface area contributed by atoms with Crippen LogP contribution in [0.2, 0.25) is 0 Å². The van der Waals surface area contributed by atoms with Crippen LogP contribution in [0.5, 0.6) is 0 Å². The lowest BCUT2D eigenvalue weighted by Gasteiger charge is -2.31. The first-order chi connectivity index (χ1) is 14.2. The Morgan fingerprint density at radius 1 is 1.03 bits per heavy atom. The van der Waals surface area contributed by atoms with E-state index in [1.54, 1.807) is 0 Å². The highest BCUT2D eigenvalue weighted by molar-refractivity contribution is 7.22. The molecule has 2 aromatic carbocycles. The maximum Gasteiger partial charge on any atom is 0.257 e. The molecule has 0 unspecified atom stereocenters. The molecule has 0 radical (unpaired) electrons. The Balaban J connectivity index is 1.43. The van der Waals surface area contributed by atoms with E-state index in [1.807, 2.05) is 61.5 Å². The average Bonchev–Trinajstić information content (AvgIpc) is 3.15. The minimum atomic E-state index is -0.111. The van der Waals surface area contributed by atoms with E-state index in [4.69, 9.17) is 0 Å². The van der Waals surface area contributed by atoms with E-state index in [1.165, 1.54) is 16.9 Å². The summed E-state index contributed by atoms with van der Waals surface area (Å²) in [6, 6.07) is 19.9. The summed E-state index contributed by atoms with van der Waals surface area (Å²) >= 11 is 1.49. The maximum atomic E-state index is 13.1. The zero-order valence-corrected chi connectivity index (χ0v) is 16.9. The Hall–Kier alpha value is -3.25. The Morgan fingerprint density at radius 3 is 2.76 bits per heavy atom. The number of carbonyl (C=O) groups is 1. The normalized spacial score (nSPS) is 13.3. The Morgan fingerprint density at radius 2 is 1.90 bits per heavy atom.